The van der Waals surface area contributed by atoms with Gasteiger partial charge in [0.05, 0.1) is 0 Å². The van der Waals surface area contributed by atoms with Gasteiger partial charge in [0.15, 0.2) is 5.60 Å². The summed E-state index contributed by atoms with van der Waals surface area (Å²) in [4.78, 5) is 13.5. The summed E-state index contributed by atoms with van der Waals surface area (Å²) in [5.41, 5.74) is -0.432. The number of aliphatic hydroxyl groups is 1. The Balaban J connectivity index is 1.86. The van der Waals surface area contributed by atoms with E-state index in [0.717, 1.165) is 11.1 Å². The van der Waals surface area contributed by atoms with Crippen LogP contribution in [0.1, 0.15) is 30.9 Å². The molecule has 0 radical (unpaired) electrons. The summed E-state index contributed by atoms with van der Waals surface area (Å²) in [7, 11) is 0. The lowest BCUT2D eigenvalue weighted by molar-refractivity contribution is -0.271. The lowest BCUT2D eigenvalue weighted by Crippen LogP contribution is -2.56. The van der Waals surface area contributed by atoms with Gasteiger partial charge in [0.1, 0.15) is 0 Å². The number of aryl methyl sites for hydroxylation is 1. The summed E-state index contributed by atoms with van der Waals surface area (Å²) in [6.07, 6.45) is -4.99. The van der Waals surface area contributed by atoms with Crippen LogP contribution >= 0.6 is 0 Å². The topological polar surface area (TPSA) is 52.6 Å². The Bertz CT molecular complexity index is 581. The van der Waals surface area contributed by atoms with Crippen LogP contribution in [0.5, 0.6) is 0 Å². The predicted octanol–water partition coefficient (Wildman–Crippen LogP) is 3.02. The molecule has 1 unspecified atom stereocenters. The second kappa shape index (κ2) is 7.01. The summed E-state index contributed by atoms with van der Waals surface area (Å²) < 4.78 is 38.3. The summed E-state index contributed by atoms with van der Waals surface area (Å²) in [6, 6.07) is 7.33. The molecule has 1 aromatic carbocycles. The molecule has 0 aliphatic carbocycles. The minimum atomic E-state index is -4.66. The quantitative estimate of drug-likeness (QED) is 0.886. The van der Waals surface area contributed by atoms with E-state index in [-0.39, 0.29) is 25.2 Å². The molecular weight excluding hydrogens is 321 g/mol. The molecule has 0 saturated carbocycles. The van der Waals surface area contributed by atoms with Crippen LogP contribution in [0.15, 0.2) is 24.3 Å². The largest absolute Gasteiger partial charge is 0.417 e. The van der Waals surface area contributed by atoms with E-state index in [1.165, 1.54) is 4.90 Å². The van der Waals surface area contributed by atoms with Crippen LogP contribution in [0.4, 0.5) is 18.0 Å². The number of hydrogen-bond acceptors (Lipinski definition) is 2. The van der Waals surface area contributed by atoms with Crippen LogP contribution in [-0.2, 0) is 6.42 Å². The van der Waals surface area contributed by atoms with Crippen molar-refractivity contribution in [2.45, 2.75) is 50.9 Å². The number of hydrogen-bond donors (Lipinski definition) is 2. The average molecular weight is 344 g/mol. The highest BCUT2D eigenvalue weighted by atomic mass is 19.4. The maximum Gasteiger partial charge on any atom is 0.417 e. The zero-order valence-electron chi connectivity index (χ0n) is 13.9. The van der Waals surface area contributed by atoms with E-state index in [4.69, 9.17) is 0 Å². The van der Waals surface area contributed by atoms with E-state index in [9.17, 15) is 23.1 Å². The highest BCUT2D eigenvalue weighted by Crippen LogP contribution is 2.38. The minimum Gasteiger partial charge on any atom is -0.380 e. The van der Waals surface area contributed by atoms with Crippen molar-refractivity contribution in [2.75, 3.05) is 13.1 Å². The van der Waals surface area contributed by atoms with Crippen molar-refractivity contribution in [1.29, 1.82) is 0 Å². The normalized spacial score (nSPS) is 19.0. The first-order valence-corrected chi connectivity index (χ1v) is 8.01. The van der Waals surface area contributed by atoms with Crippen molar-refractivity contribution in [2.24, 2.45) is 0 Å². The van der Waals surface area contributed by atoms with Crippen LogP contribution in [0.3, 0.4) is 0 Å². The second-order valence-corrected chi connectivity index (χ2v) is 6.50. The molecular formula is C17H23F3N2O2. The van der Waals surface area contributed by atoms with E-state index < -0.39 is 24.6 Å². The number of piperidine rings is 1. The molecule has 0 spiro atoms. The monoisotopic (exact) mass is 344 g/mol. The molecule has 1 aliphatic rings. The first-order chi connectivity index (χ1) is 11.1. The van der Waals surface area contributed by atoms with E-state index in [1.54, 1.807) is 0 Å². The number of benzene rings is 1. The number of urea groups is 1. The van der Waals surface area contributed by atoms with Crippen molar-refractivity contribution >= 4 is 6.03 Å². The van der Waals surface area contributed by atoms with Crippen LogP contribution in [-0.4, -0.2) is 46.9 Å². The van der Waals surface area contributed by atoms with Gasteiger partial charge in [0.2, 0.25) is 0 Å². The number of carbonyl (C=O) groups is 1. The molecule has 2 rings (SSSR count). The number of alkyl halides is 3. The molecule has 24 heavy (non-hydrogen) atoms. The maximum atomic E-state index is 12.8. The smallest absolute Gasteiger partial charge is 0.380 e. The molecule has 1 atom stereocenters. The highest BCUT2D eigenvalue weighted by Gasteiger charge is 2.54. The third-order valence-electron chi connectivity index (χ3n) is 4.56. The molecule has 1 aromatic rings. The third kappa shape index (κ3) is 4.20. The summed E-state index contributed by atoms with van der Waals surface area (Å²) >= 11 is 0. The van der Waals surface area contributed by atoms with E-state index in [2.05, 4.69) is 5.32 Å². The number of likely N-dealkylation sites (tertiary alicyclic amines) is 1. The standard InChI is InChI=1S/C17H23F3N2O2/c1-12-5-3-4-6-14(12)11-13(2)21-15(23)22-9-7-16(24,8-10-22)17(18,19)20/h3-6,13,24H,7-11H2,1-2H3,(H,21,23). The molecule has 0 aromatic heterocycles. The third-order valence-corrected chi connectivity index (χ3v) is 4.56. The van der Waals surface area contributed by atoms with Crippen molar-refractivity contribution in [1.82, 2.24) is 10.2 Å². The van der Waals surface area contributed by atoms with Gasteiger partial charge in [-0.25, -0.2) is 4.79 Å². The van der Waals surface area contributed by atoms with Gasteiger partial charge in [-0.05, 0) is 31.4 Å². The molecule has 1 saturated heterocycles. The Hall–Kier alpha value is -1.76. The number of nitrogens with zero attached hydrogens (tertiary/aromatic N) is 1. The fourth-order valence-corrected chi connectivity index (χ4v) is 2.89. The maximum absolute atomic E-state index is 12.8. The molecule has 134 valence electrons. The average Bonchev–Trinajstić information content (AvgIpc) is 2.49. The van der Waals surface area contributed by atoms with Gasteiger partial charge in [-0.2, -0.15) is 13.2 Å². The SMILES string of the molecule is Cc1ccccc1CC(C)NC(=O)N1CCC(O)(C(F)(F)F)CC1. The van der Waals surface area contributed by atoms with Gasteiger partial charge in [-0.1, -0.05) is 24.3 Å². The zero-order chi connectivity index (χ0) is 18.0. The fourth-order valence-electron chi connectivity index (χ4n) is 2.89. The van der Waals surface area contributed by atoms with Gasteiger partial charge < -0.3 is 15.3 Å². The predicted molar refractivity (Wildman–Crippen MR) is 84.7 cm³/mol. The van der Waals surface area contributed by atoms with Gasteiger partial charge >= 0.3 is 12.2 Å². The Morgan fingerprint density at radius 2 is 1.92 bits per heavy atom. The number of amides is 2. The van der Waals surface area contributed by atoms with Crippen LogP contribution < -0.4 is 5.32 Å². The molecule has 7 heteroatoms. The molecule has 1 heterocycles. The number of nitrogens with one attached hydrogen (secondary N) is 1. The highest BCUT2D eigenvalue weighted by molar-refractivity contribution is 5.74. The summed E-state index contributed by atoms with van der Waals surface area (Å²) in [5, 5.41) is 12.4. The van der Waals surface area contributed by atoms with Gasteiger partial charge in [0, 0.05) is 32.0 Å². The number of halogens is 3. The molecule has 2 N–H and O–H groups in total. The second-order valence-electron chi connectivity index (χ2n) is 6.50. The lowest BCUT2D eigenvalue weighted by atomic mass is 9.91. The first-order valence-electron chi connectivity index (χ1n) is 8.01. The fraction of sp³-hybridized carbons (Fsp3) is 0.588. The van der Waals surface area contributed by atoms with Gasteiger partial charge in [-0.3, -0.25) is 0 Å². The van der Waals surface area contributed by atoms with Crippen molar-refractivity contribution in [3.05, 3.63) is 35.4 Å². The van der Waals surface area contributed by atoms with Crippen molar-refractivity contribution < 1.29 is 23.1 Å². The molecule has 1 fully saturated rings. The van der Waals surface area contributed by atoms with E-state index in [1.807, 2.05) is 38.1 Å². The molecule has 1 aliphatic heterocycles. The number of carbonyl (C=O) groups excluding carboxylic acids is 1. The lowest BCUT2D eigenvalue weighted by Gasteiger charge is -2.39. The Morgan fingerprint density at radius 1 is 1.33 bits per heavy atom. The van der Waals surface area contributed by atoms with Gasteiger partial charge in [-0.15, -0.1) is 0 Å². The van der Waals surface area contributed by atoms with E-state index >= 15 is 0 Å². The molecule has 4 nitrogen and oxygen atoms in total. The Labute approximate surface area is 139 Å². The molecule has 0 bridgehead atoms. The van der Waals surface area contributed by atoms with Crippen molar-refractivity contribution in [3.63, 3.8) is 0 Å². The Kier molecular flexibility index (Phi) is 5.42. The van der Waals surface area contributed by atoms with E-state index in [0.29, 0.717) is 6.42 Å². The Morgan fingerprint density at radius 3 is 2.46 bits per heavy atom. The van der Waals surface area contributed by atoms with Crippen LogP contribution in [0.25, 0.3) is 0 Å². The summed E-state index contributed by atoms with van der Waals surface area (Å²) in [5.74, 6) is 0. The van der Waals surface area contributed by atoms with Gasteiger partial charge in [0.25, 0.3) is 0 Å². The van der Waals surface area contributed by atoms with Crippen LogP contribution in [0, 0.1) is 6.92 Å². The van der Waals surface area contributed by atoms with Crippen LogP contribution in [0.2, 0.25) is 0 Å². The zero-order valence-corrected chi connectivity index (χ0v) is 13.9. The minimum absolute atomic E-state index is 0.112. The first kappa shape index (κ1) is 18.6. The van der Waals surface area contributed by atoms with Crippen molar-refractivity contribution in [3.8, 4) is 0 Å². The number of rotatable bonds is 3. The summed E-state index contributed by atoms with van der Waals surface area (Å²) in [6.45, 7) is 3.63. The molecule has 2 amide bonds.